The summed E-state index contributed by atoms with van der Waals surface area (Å²) >= 11 is 0. The van der Waals surface area contributed by atoms with E-state index in [-0.39, 0.29) is 0 Å². The van der Waals surface area contributed by atoms with Crippen LogP contribution in [-0.4, -0.2) is 10.9 Å². The largest absolute Gasteiger partial charge is 0.345 e. The van der Waals surface area contributed by atoms with E-state index >= 15 is 0 Å². The second-order valence-corrected chi connectivity index (χ2v) is 5.33. The summed E-state index contributed by atoms with van der Waals surface area (Å²) in [7, 11) is 0. The molecule has 0 aliphatic heterocycles. The summed E-state index contributed by atoms with van der Waals surface area (Å²) in [4.78, 5) is 11.0. The highest BCUT2D eigenvalue weighted by Crippen LogP contribution is 2.38. The van der Waals surface area contributed by atoms with Gasteiger partial charge in [-0.05, 0) is 38.7 Å². The van der Waals surface area contributed by atoms with Crippen molar-refractivity contribution in [3.63, 3.8) is 0 Å². The monoisotopic (exact) mass is 233 g/mol. The van der Waals surface area contributed by atoms with Gasteiger partial charge >= 0.3 is 0 Å². The van der Waals surface area contributed by atoms with Gasteiger partial charge in [0.25, 0.3) is 0 Å². The molecule has 1 aliphatic carbocycles. The molecule has 2 rings (SSSR count). The van der Waals surface area contributed by atoms with Crippen molar-refractivity contribution in [2.75, 3.05) is 0 Å². The Morgan fingerprint density at radius 1 is 1.35 bits per heavy atom. The third-order valence-electron chi connectivity index (χ3n) is 4.38. The molecule has 94 valence electrons. The summed E-state index contributed by atoms with van der Waals surface area (Å²) in [5.41, 5.74) is 3.26. The van der Waals surface area contributed by atoms with Crippen LogP contribution < -0.4 is 0 Å². The number of hydrogen-bond donors (Lipinski definition) is 0. The van der Waals surface area contributed by atoms with Gasteiger partial charge in [0, 0.05) is 23.0 Å². The van der Waals surface area contributed by atoms with E-state index in [0.717, 1.165) is 23.5 Å². The van der Waals surface area contributed by atoms with Gasteiger partial charge in [-0.3, -0.25) is 4.79 Å². The topological polar surface area (TPSA) is 22.0 Å². The Morgan fingerprint density at radius 3 is 2.65 bits per heavy atom. The van der Waals surface area contributed by atoms with Crippen LogP contribution in [0.2, 0.25) is 0 Å². The zero-order valence-electron chi connectivity index (χ0n) is 11.2. The smallest absolute Gasteiger partial charge is 0.151 e. The highest BCUT2D eigenvalue weighted by molar-refractivity contribution is 5.77. The average Bonchev–Trinajstić information content (AvgIpc) is 2.64. The fourth-order valence-electron chi connectivity index (χ4n) is 3.44. The zero-order chi connectivity index (χ0) is 12.4. The molecule has 1 heterocycles. The SMILES string of the molecule is CCC1CCCCC1n1c(C)cc(C=O)c1C. The van der Waals surface area contributed by atoms with E-state index in [1.807, 2.05) is 6.07 Å². The maximum atomic E-state index is 11.0. The normalized spacial score (nSPS) is 24.9. The number of hydrogen-bond acceptors (Lipinski definition) is 1. The predicted octanol–water partition coefficient (Wildman–Crippen LogP) is 4.06. The second-order valence-electron chi connectivity index (χ2n) is 5.33. The minimum Gasteiger partial charge on any atom is -0.345 e. The van der Waals surface area contributed by atoms with Crippen molar-refractivity contribution in [3.05, 3.63) is 23.0 Å². The van der Waals surface area contributed by atoms with Crippen LogP contribution >= 0.6 is 0 Å². The number of carbonyl (C=O) groups excluding carboxylic acids is 1. The lowest BCUT2D eigenvalue weighted by atomic mass is 9.82. The van der Waals surface area contributed by atoms with Crippen molar-refractivity contribution in [1.29, 1.82) is 0 Å². The Balaban J connectivity index is 2.37. The highest BCUT2D eigenvalue weighted by Gasteiger charge is 2.27. The number of aryl methyl sites for hydroxylation is 1. The summed E-state index contributed by atoms with van der Waals surface area (Å²) in [6.45, 7) is 6.50. The molecule has 0 radical (unpaired) electrons. The number of rotatable bonds is 3. The Morgan fingerprint density at radius 2 is 2.06 bits per heavy atom. The maximum absolute atomic E-state index is 11.0. The molecular weight excluding hydrogens is 210 g/mol. The summed E-state index contributed by atoms with van der Waals surface area (Å²) in [6.07, 6.45) is 7.55. The van der Waals surface area contributed by atoms with Crippen molar-refractivity contribution in [3.8, 4) is 0 Å². The van der Waals surface area contributed by atoms with Crippen LogP contribution in [0.15, 0.2) is 6.07 Å². The highest BCUT2D eigenvalue weighted by atomic mass is 16.1. The van der Waals surface area contributed by atoms with E-state index in [1.54, 1.807) is 0 Å². The molecule has 2 unspecified atom stereocenters. The molecule has 1 aromatic rings. The lowest BCUT2D eigenvalue weighted by Crippen LogP contribution is -2.24. The molecule has 1 aliphatic rings. The van der Waals surface area contributed by atoms with Crippen LogP contribution in [-0.2, 0) is 0 Å². The van der Waals surface area contributed by atoms with E-state index in [4.69, 9.17) is 0 Å². The van der Waals surface area contributed by atoms with Gasteiger partial charge in [-0.15, -0.1) is 0 Å². The van der Waals surface area contributed by atoms with Gasteiger partial charge in [0.05, 0.1) is 0 Å². The van der Waals surface area contributed by atoms with Crippen LogP contribution in [0.4, 0.5) is 0 Å². The predicted molar refractivity (Wildman–Crippen MR) is 70.6 cm³/mol. The van der Waals surface area contributed by atoms with Crippen molar-refractivity contribution in [2.45, 2.75) is 58.9 Å². The Bertz CT molecular complexity index is 405. The molecule has 17 heavy (non-hydrogen) atoms. The number of aromatic nitrogens is 1. The second kappa shape index (κ2) is 5.07. The van der Waals surface area contributed by atoms with E-state index in [0.29, 0.717) is 6.04 Å². The average molecular weight is 233 g/mol. The molecule has 0 amide bonds. The molecule has 0 saturated heterocycles. The van der Waals surface area contributed by atoms with Crippen LogP contribution in [0.25, 0.3) is 0 Å². The van der Waals surface area contributed by atoms with Crippen LogP contribution in [0.3, 0.4) is 0 Å². The lowest BCUT2D eigenvalue weighted by molar-refractivity contribution is 0.112. The van der Waals surface area contributed by atoms with Gasteiger partial charge < -0.3 is 4.57 Å². The van der Waals surface area contributed by atoms with Crippen molar-refractivity contribution >= 4 is 6.29 Å². The van der Waals surface area contributed by atoms with E-state index in [1.165, 1.54) is 37.8 Å². The molecule has 0 aromatic carbocycles. The van der Waals surface area contributed by atoms with Crippen LogP contribution in [0.1, 0.15) is 66.8 Å². The third-order valence-corrected chi connectivity index (χ3v) is 4.38. The van der Waals surface area contributed by atoms with Gasteiger partial charge in [-0.25, -0.2) is 0 Å². The third kappa shape index (κ3) is 2.18. The van der Waals surface area contributed by atoms with Gasteiger partial charge in [0.1, 0.15) is 0 Å². The van der Waals surface area contributed by atoms with E-state index in [9.17, 15) is 4.79 Å². The Labute approximate surface area is 104 Å². The molecule has 0 spiro atoms. The Kier molecular flexibility index (Phi) is 3.70. The molecule has 2 nitrogen and oxygen atoms in total. The standard InChI is InChI=1S/C15H23NO/c1-4-13-7-5-6-8-15(13)16-11(2)9-14(10-17)12(16)3/h9-10,13,15H,4-8H2,1-3H3. The molecule has 0 bridgehead atoms. The summed E-state index contributed by atoms with van der Waals surface area (Å²) in [6, 6.07) is 2.64. The zero-order valence-corrected chi connectivity index (χ0v) is 11.2. The van der Waals surface area contributed by atoms with Gasteiger partial charge in [0.15, 0.2) is 6.29 Å². The number of aldehydes is 1. The first-order valence-electron chi connectivity index (χ1n) is 6.82. The maximum Gasteiger partial charge on any atom is 0.151 e. The van der Waals surface area contributed by atoms with Crippen LogP contribution in [0.5, 0.6) is 0 Å². The first kappa shape index (κ1) is 12.4. The fraction of sp³-hybridized carbons (Fsp3) is 0.667. The summed E-state index contributed by atoms with van der Waals surface area (Å²) in [5.74, 6) is 0.785. The minimum atomic E-state index is 0.613. The molecule has 1 fully saturated rings. The molecular formula is C15H23NO. The summed E-state index contributed by atoms with van der Waals surface area (Å²) in [5, 5.41) is 0. The number of carbonyl (C=O) groups is 1. The molecule has 1 aromatic heterocycles. The van der Waals surface area contributed by atoms with Crippen LogP contribution in [0, 0.1) is 19.8 Å². The number of nitrogens with zero attached hydrogens (tertiary/aromatic N) is 1. The summed E-state index contributed by atoms with van der Waals surface area (Å²) < 4.78 is 2.41. The molecule has 0 N–H and O–H groups in total. The van der Waals surface area contributed by atoms with E-state index < -0.39 is 0 Å². The van der Waals surface area contributed by atoms with Crippen molar-refractivity contribution in [2.24, 2.45) is 5.92 Å². The Hall–Kier alpha value is -1.05. The quantitative estimate of drug-likeness (QED) is 0.722. The van der Waals surface area contributed by atoms with Gasteiger partial charge in [0.2, 0.25) is 0 Å². The fourth-order valence-corrected chi connectivity index (χ4v) is 3.44. The molecule has 1 saturated carbocycles. The first-order chi connectivity index (χ1) is 8.19. The van der Waals surface area contributed by atoms with E-state index in [2.05, 4.69) is 25.3 Å². The lowest BCUT2D eigenvalue weighted by Gasteiger charge is -2.34. The minimum absolute atomic E-state index is 0.613. The van der Waals surface area contributed by atoms with Gasteiger partial charge in [-0.2, -0.15) is 0 Å². The van der Waals surface area contributed by atoms with Crippen molar-refractivity contribution < 1.29 is 4.79 Å². The first-order valence-corrected chi connectivity index (χ1v) is 6.82. The molecule has 2 heteroatoms. The van der Waals surface area contributed by atoms with Gasteiger partial charge in [-0.1, -0.05) is 26.2 Å². The van der Waals surface area contributed by atoms with Crippen molar-refractivity contribution in [1.82, 2.24) is 4.57 Å². The molecule has 2 atom stereocenters.